The first kappa shape index (κ1) is 19.2. The Morgan fingerprint density at radius 3 is 2.22 bits per heavy atom. The maximum atomic E-state index is 12.6. The molecule has 0 radical (unpaired) electrons. The fraction of sp³-hybridized carbons (Fsp3) is 0.333. The zero-order valence-corrected chi connectivity index (χ0v) is 16.2. The molecule has 0 heterocycles. The SMILES string of the molecule is CC(C)Oc1ccc(NC(=O)C2(C(=O)NCc3ccc(Cl)cc3)CC2)cc1. The molecule has 1 fully saturated rings. The lowest BCUT2D eigenvalue weighted by atomic mass is 10.0. The van der Waals surface area contributed by atoms with Crippen LogP contribution < -0.4 is 15.4 Å². The maximum absolute atomic E-state index is 12.6. The Balaban J connectivity index is 1.56. The topological polar surface area (TPSA) is 67.4 Å². The number of hydrogen-bond acceptors (Lipinski definition) is 3. The quantitative estimate of drug-likeness (QED) is 0.702. The van der Waals surface area contributed by atoms with Gasteiger partial charge in [0.05, 0.1) is 6.10 Å². The first-order valence-electron chi connectivity index (χ1n) is 9.00. The molecule has 6 heteroatoms. The second-order valence-corrected chi connectivity index (χ2v) is 7.47. The van der Waals surface area contributed by atoms with Gasteiger partial charge in [-0.1, -0.05) is 23.7 Å². The second-order valence-electron chi connectivity index (χ2n) is 7.04. The van der Waals surface area contributed by atoms with Crippen molar-refractivity contribution in [3.8, 4) is 5.75 Å². The first-order valence-corrected chi connectivity index (χ1v) is 9.38. The molecule has 2 N–H and O–H groups in total. The van der Waals surface area contributed by atoms with Crippen LogP contribution >= 0.6 is 11.6 Å². The predicted molar refractivity (Wildman–Crippen MR) is 106 cm³/mol. The molecule has 3 rings (SSSR count). The lowest BCUT2D eigenvalue weighted by Gasteiger charge is -2.16. The van der Waals surface area contributed by atoms with Crippen molar-refractivity contribution in [2.75, 3.05) is 5.32 Å². The minimum atomic E-state index is -0.973. The summed E-state index contributed by atoms with van der Waals surface area (Å²) < 4.78 is 5.59. The number of halogens is 1. The lowest BCUT2D eigenvalue weighted by Crippen LogP contribution is -2.39. The van der Waals surface area contributed by atoms with E-state index in [0.29, 0.717) is 30.1 Å². The highest BCUT2D eigenvalue weighted by atomic mass is 35.5. The van der Waals surface area contributed by atoms with Gasteiger partial charge in [-0.3, -0.25) is 9.59 Å². The molecule has 0 spiro atoms. The molecule has 0 atom stereocenters. The largest absolute Gasteiger partial charge is 0.491 e. The first-order chi connectivity index (χ1) is 12.9. The molecule has 5 nitrogen and oxygen atoms in total. The summed E-state index contributed by atoms with van der Waals surface area (Å²) in [4.78, 5) is 25.2. The van der Waals surface area contributed by atoms with Crippen molar-refractivity contribution in [3.05, 3.63) is 59.1 Å². The van der Waals surface area contributed by atoms with E-state index in [-0.39, 0.29) is 17.9 Å². The van der Waals surface area contributed by atoms with Crippen molar-refractivity contribution in [1.82, 2.24) is 5.32 Å². The third kappa shape index (κ3) is 4.80. The summed E-state index contributed by atoms with van der Waals surface area (Å²) in [6, 6.07) is 14.4. The van der Waals surface area contributed by atoms with Gasteiger partial charge in [-0.15, -0.1) is 0 Å². The second kappa shape index (κ2) is 8.01. The summed E-state index contributed by atoms with van der Waals surface area (Å²) in [5, 5.41) is 6.34. The van der Waals surface area contributed by atoms with Gasteiger partial charge in [0, 0.05) is 17.3 Å². The number of ether oxygens (including phenoxy) is 1. The lowest BCUT2D eigenvalue weighted by molar-refractivity contribution is -0.134. The molecule has 0 aliphatic heterocycles. The van der Waals surface area contributed by atoms with Crippen LogP contribution in [-0.2, 0) is 16.1 Å². The van der Waals surface area contributed by atoms with E-state index in [1.54, 1.807) is 36.4 Å². The molecule has 1 saturated carbocycles. The van der Waals surface area contributed by atoms with E-state index in [1.807, 2.05) is 26.0 Å². The van der Waals surface area contributed by atoms with E-state index in [2.05, 4.69) is 10.6 Å². The van der Waals surface area contributed by atoms with Crippen LogP contribution in [0.5, 0.6) is 5.75 Å². The van der Waals surface area contributed by atoms with Crippen LogP contribution in [0.25, 0.3) is 0 Å². The molecule has 0 saturated heterocycles. The van der Waals surface area contributed by atoms with E-state index in [1.165, 1.54) is 0 Å². The normalized spacial score (nSPS) is 14.5. The van der Waals surface area contributed by atoms with Crippen LogP contribution in [0.2, 0.25) is 5.02 Å². The van der Waals surface area contributed by atoms with Crippen molar-refractivity contribution in [2.24, 2.45) is 5.41 Å². The molecule has 2 aromatic rings. The number of carbonyl (C=O) groups is 2. The molecule has 1 aliphatic rings. The number of anilines is 1. The average molecular weight is 387 g/mol. The number of carbonyl (C=O) groups excluding carboxylic acids is 2. The Morgan fingerprint density at radius 1 is 1.04 bits per heavy atom. The van der Waals surface area contributed by atoms with Crippen molar-refractivity contribution in [2.45, 2.75) is 39.3 Å². The predicted octanol–water partition coefficient (Wildman–Crippen LogP) is 4.16. The minimum absolute atomic E-state index is 0.0875. The summed E-state index contributed by atoms with van der Waals surface area (Å²) in [6.07, 6.45) is 1.20. The van der Waals surface area contributed by atoms with E-state index >= 15 is 0 Å². The Hall–Kier alpha value is -2.53. The van der Waals surface area contributed by atoms with Crippen molar-refractivity contribution in [3.63, 3.8) is 0 Å². The Kier molecular flexibility index (Phi) is 5.71. The molecule has 0 unspecified atom stereocenters. The van der Waals surface area contributed by atoms with Crippen LogP contribution in [0.15, 0.2) is 48.5 Å². The Morgan fingerprint density at radius 2 is 1.67 bits per heavy atom. The summed E-state index contributed by atoms with van der Waals surface area (Å²) in [5.41, 5.74) is 0.608. The van der Waals surface area contributed by atoms with Gasteiger partial charge in [-0.05, 0) is 68.7 Å². The highest BCUT2D eigenvalue weighted by molar-refractivity contribution is 6.30. The molecule has 2 aromatic carbocycles. The maximum Gasteiger partial charge on any atom is 0.240 e. The van der Waals surface area contributed by atoms with Crippen LogP contribution in [0.4, 0.5) is 5.69 Å². The number of amides is 2. The summed E-state index contributed by atoms with van der Waals surface area (Å²) >= 11 is 5.86. The molecular formula is C21H23ClN2O3. The fourth-order valence-electron chi connectivity index (χ4n) is 2.78. The highest BCUT2D eigenvalue weighted by Gasteiger charge is 2.56. The zero-order chi connectivity index (χ0) is 19.4. The van der Waals surface area contributed by atoms with E-state index in [4.69, 9.17) is 16.3 Å². The van der Waals surface area contributed by atoms with Gasteiger partial charge in [-0.25, -0.2) is 0 Å². The molecular weight excluding hydrogens is 364 g/mol. The summed E-state index contributed by atoms with van der Waals surface area (Å²) in [7, 11) is 0. The molecule has 142 valence electrons. The van der Waals surface area contributed by atoms with Crippen molar-refractivity contribution in [1.29, 1.82) is 0 Å². The van der Waals surface area contributed by atoms with Crippen LogP contribution in [-0.4, -0.2) is 17.9 Å². The average Bonchev–Trinajstić information content (AvgIpc) is 3.44. The van der Waals surface area contributed by atoms with Gasteiger partial charge in [-0.2, -0.15) is 0 Å². The number of nitrogens with one attached hydrogen (secondary N) is 2. The molecule has 0 aromatic heterocycles. The van der Waals surface area contributed by atoms with Crippen LogP contribution in [0, 0.1) is 5.41 Å². The number of benzene rings is 2. The van der Waals surface area contributed by atoms with E-state index in [9.17, 15) is 9.59 Å². The molecule has 2 amide bonds. The van der Waals surface area contributed by atoms with Crippen LogP contribution in [0.1, 0.15) is 32.3 Å². The van der Waals surface area contributed by atoms with Gasteiger partial charge >= 0.3 is 0 Å². The van der Waals surface area contributed by atoms with Crippen molar-refractivity contribution >= 4 is 29.1 Å². The van der Waals surface area contributed by atoms with Gasteiger partial charge < -0.3 is 15.4 Å². The van der Waals surface area contributed by atoms with Gasteiger partial charge in [0.15, 0.2) is 0 Å². The summed E-state index contributed by atoms with van der Waals surface area (Å²) in [6.45, 7) is 4.27. The van der Waals surface area contributed by atoms with Crippen molar-refractivity contribution < 1.29 is 14.3 Å². The smallest absolute Gasteiger partial charge is 0.240 e. The number of rotatable bonds is 7. The highest BCUT2D eigenvalue weighted by Crippen LogP contribution is 2.47. The Labute approximate surface area is 164 Å². The van der Waals surface area contributed by atoms with Gasteiger partial charge in [0.2, 0.25) is 11.8 Å². The standard InChI is InChI=1S/C21H23ClN2O3/c1-14(2)27-18-9-7-17(8-10-18)24-20(26)21(11-12-21)19(25)23-13-15-3-5-16(22)6-4-15/h3-10,14H,11-13H2,1-2H3,(H,23,25)(H,24,26). The molecule has 0 bridgehead atoms. The zero-order valence-electron chi connectivity index (χ0n) is 15.4. The number of hydrogen-bond donors (Lipinski definition) is 2. The summed E-state index contributed by atoms with van der Waals surface area (Å²) in [5.74, 6) is 0.230. The van der Waals surface area contributed by atoms with E-state index in [0.717, 1.165) is 11.3 Å². The minimum Gasteiger partial charge on any atom is -0.491 e. The third-order valence-electron chi connectivity index (χ3n) is 4.47. The monoisotopic (exact) mass is 386 g/mol. The fourth-order valence-corrected chi connectivity index (χ4v) is 2.90. The van der Waals surface area contributed by atoms with E-state index < -0.39 is 5.41 Å². The third-order valence-corrected chi connectivity index (χ3v) is 4.72. The van der Waals surface area contributed by atoms with Gasteiger partial charge in [0.1, 0.15) is 11.2 Å². The van der Waals surface area contributed by atoms with Crippen LogP contribution in [0.3, 0.4) is 0 Å². The van der Waals surface area contributed by atoms with Gasteiger partial charge in [0.25, 0.3) is 0 Å². The molecule has 27 heavy (non-hydrogen) atoms. The Bertz CT molecular complexity index is 812. The molecule has 1 aliphatic carbocycles.